The molecule has 0 bridgehead atoms. The second-order valence-corrected chi connectivity index (χ2v) is 9.16. The van der Waals surface area contributed by atoms with Gasteiger partial charge in [-0.25, -0.2) is 4.79 Å². The second-order valence-electron chi connectivity index (χ2n) is 9.16. The van der Waals surface area contributed by atoms with Gasteiger partial charge in [-0.1, -0.05) is 38.5 Å². The van der Waals surface area contributed by atoms with Crippen LogP contribution in [-0.2, 0) is 4.79 Å². The fourth-order valence-corrected chi connectivity index (χ4v) is 5.71. The SMILES string of the molecule is O=C(NC1CCCCC1)NC1(C(=O)N2CCN3CCC[C@H]3C2)CCCCC1. The summed E-state index contributed by atoms with van der Waals surface area (Å²) in [5.74, 6) is 0.174. The van der Waals surface area contributed by atoms with Crippen LogP contribution in [0.3, 0.4) is 0 Å². The van der Waals surface area contributed by atoms with Crippen LogP contribution in [-0.4, -0.2) is 65.5 Å². The quantitative estimate of drug-likeness (QED) is 0.796. The Hall–Kier alpha value is -1.30. The molecule has 27 heavy (non-hydrogen) atoms. The predicted molar refractivity (Wildman–Crippen MR) is 106 cm³/mol. The maximum absolute atomic E-state index is 13.6. The van der Waals surface area contributed by atoms with E-state index in [1.54, 1.807) is 0 Å². The summed E-state index contributed by atoms with van der Waals surface area (Å²) in [7, 11) is 0. The minimum atomic E-state index is -0.683. The van der Waals surface area contributed by atoms with E-state index in [9.17, 15) is 9.59 Å². The van der Waals surface area contributed by atoms with Crippen molar-refractivity contribution in [1.82, 2.24) is 20.4 Å². The molecule has 4 fully saturated rings. The maximum Gasteiger partial charge on any atom is 0.315 e. The zero-order chi connectivity index (χ0) is 18.7. The molecule has 2 aliphatic heterocycles. The van der Waals surface area contributed by atoms with E-state index in [1.807, 2.05) is 0 Å². The lowest BCUT2D eigenvalue weighted by molar-refractivity contribution is -0.142. The molecule has 2 saturated heterocycles. The third-order valence-corrected chi connectivity index (χ3v) is 7.28. The zero-order valence-electron chi connectivity index (χ0n) is 16.7. The van der Waals surface area contributed by atoms with Crippen LogP contribution in [0.4, 0.5) is 4.79 Å². The van der Waals surface area contributed by atoms with Crippen LogP contribution in [0.15, 0.2) is 0 Å². The highest BCUT2D eigenvalue weighted by Gasteiger charge is 2.45. The van der Waals surface area contributed by atoms with Gasteiger partial charge in [0.05, 0.1) is 0 Å². The van der Waals surface area contributed by atoms with Crippen LogP contribution >= 0.6 is 0 Å². The van der Waals surface area contributed by atoms with Gasteiger partial charge < -0.3 is 15.5 Å². The molecule has 2 aliphatic carbocycles. The molecular weight excluding hydrogens is 340 g/mol. The molecule has 0 unspecified atom stereocenters. The van der Waals surface area contributed by atoms with Crippen molar-refractivity contribution in [3.05, 3.63) is 0 Å². The lowest BCUT2D eigenvalue weighted by atomic mass is 9.80. The molecular formula is C21H36N4O2. The lowest BCUT2D eigenvalue weighted by Gasteiger charge is -2.44. The van der Waals surface area contributed by atoms with Gasteiger partial charge >= 0.3 is 6.03 Å². The fourth-order valence-electron chi connectivity index (χ4n) is 5.71. The van der Waals surface area contributed by atoms with E-state index in [-0.39, 0.29) is 18.0 Å². The van der Waals surface area contributed by atoms with Gasteiger partial charge in [-0.15, -0.1) is 0 Å². The van der Waals surface area contributed by atoms with Crippen molar-refractivity contribution in [2.75, 3.05) is 26.2 Å². The normalized spacial score (nSPS) is 29.2. The van der Waals surface area contributed by atoms with Gasteiger partial charge in [-0.05, 0) is 45.1 Å². The monoisotopic (exact) mass is 376 g/mol. The Labute approximate surface area is 163 Å². The van der Waals surface area contributed by atoms with Crippen LogP contribution < -0.4 is 10.6 Å². The van der Waals surface area contributed by atoms with Crippen molar-refractivity contribution < 1.29 is 9.59 Å². The topological polar surface area (TPSA) is 64.7 Å². The average molecular weight is 377 g/mol. The number of carbonyl (C=O) groups excluding carboxylic acids is 2. The predicted octanol–water partition coefficient (Wildman–Crippen LogP) is 2.63. The summed E-state index contributed by atoms with van der Waals surface area (Å²) in [6.07, 6.45) is 13.0. The van der Waals surface area contributed by atoms with Gasteiger partial charge in [0.2, 0.25) is 5.91 Å². The third kappa shape index (κ3) is 4.25. The van der Waals surface area contributed by atoms with Crippen molar-refractivity contribution in [2.45, 2.75) is 94.7 Å². The number of hydrogen-bond donors (Lipinski definition) is 2. The molecule has 2 saturated carbocycles. The molecule has 6 heteroatoms. The average Bonchev–Trinajstić information content (AvgIpc) is 3.16. The minimum Gasteiger partial charge on any atom is -0.338 e. The number of carbonyl (C=O) groups is 2. The van der Waals surface area contributed by atoms with Gasteiger partial charge in [-0.2, -0.15) is 0 Å². The van der Waals surface area contributed by atoms with E-state index in [4.69, 9.17) is 0 Å². The van der Waals surface area contributed by atoms with E-state index >= 15 is 0 Å². The number of rotatable bonds is 3. The zero-order valence-corrected chi connectivity index (χ0v) is 16.7. The number of nitrogens with one attached hydrogen (secondary N) is 2. The van der Waals surface area contributed by atoms with Crippen molar-refractivity contribution in [3.8, 4) is 0 Å². The van der Waals surface area contributed by atoms with Crippen LogP contribution in [0.2, 0.25) is 0 Å². The Morgan fingerprint density at radius 3 is 2.33 bits per heavy atom. The van der Waals surface area contributed by atoms with Gasteiger partial charge in [0.1, 0.15) is 5.54 Å². The first-order valence-electron chi connectivity index (χ1n) is 11.3. The fraction of sp³-hybridized carbons (Fsp3) is 0.905. The molecule has 0 radical (unpaired) electrons. The van der Waals surface area contributed by atoms with Crippen LogP contribution in [0.1, 0.15) is 77.0 Å². The van der Waals surface area contributed by atoms with Gasteiger partial charge in [0, 0.05) is 31.7 Å². The summed E-state index contributed by atoms with van der Waals surface area (Å²) in [5.41, 5.74) is -0.683. The summed E-state index contributed by atoms with van der Waals surface area (Å²) in [6, 6.07) is 0.674. The van der Waals surface area contributed by atoms with Crippen LogP contribution in [0.5, 0.6) is 0 Å². The molecule has 2 N–H and O–H groups in total. The van der Waals surface area contributed by atoms with E-state index in [0.717, 1.165) is 64.6 Å². The minimum absolute atomic E-state index is 0.128. The lowest BCUT2D eigenvalue weighted by Crippen LogP contribution is -2.65. The Morgan fingerprint density at radius 2 is 1.56 bits per heavy atom. The molecule has 3 amide bonds. The highest BCUT2D eigenvalue weighted by Crippen LogP contribution is 2.32. The van der Waals surface area contributed by atoms with Gasteiger partial charge in [-0.3, -0.25) is 9.69 Å². The smallest absolute Gasteiger partial charge is 0.315 e. The van der Waals surface area contributed by atoms with E-state index in [0.29, 0.717) is 6.04 Å². The molecule has 0 spiro atoms. The van der Waals surface area contributed by atoms with E-state index < -0.39 is 5.54 Å². The number of piperazine rings is 1. The molecule has 0 aromatic carbocycles. The molecule has 0 aromatic heterocycles. The number of amides is 3. The Morgan fingerprint density at radius 1 is 0.815 bits per heavy atom. The van der Waals surface area contributed by atoms with Crippen molar-refractivity contribution in [2.24, 2.45) is 0 Å². The van der Waals surface area contributed by atoms with Crippen molar-refractivity contribution in [1.29, 1.82) is 0 Å². The second kappa shape index (κ2) is 8.38. The summed E-state index contributed by atoms with van der Waals surface area (Å²) >= 11 is 0. The molecule has 152 valence electrons. The Kier molecular flexibility index (Phi) is 5.90. The van der Waals surface area contributed by atoms with E-state index in [2.05, 4.69) is 20.4 Å². The Bertz CT molecular complexity index is 540. The summed E-state index contributed by atoms with van der Waals surface area (Å²) < 4.78 is 0. The number of urea groups is 1. The van der Waals surface area contributed by atoms with Gasteiger partial charge in [0.25, 0.3) is 0 Å². The molecule has 6 nitrogen and oxygen atoms in total. The molecule has 0 aromatic rings. The summed E-state index contributed by atoms with van der Waals surface area (Å²) in [4.78, 5) is 30.9. The van der Waals surface area contributed by atoms with Crippen LogP contribution in [0.25, 0.3) is 0 Å². The van der Waals surface area contributed by atoms with Crippen molar-refractivity contribution in [3.63, 3.8) is 0 Å². The number of hydrogen-bond acceptors (Lipinski definition) is 3. The Balaban J connectivity index is 1.41. The standard InChI is InChI=1S/C21H36N4O2/c26-19(25-15-14-24-13-7-10-18(24)16-25)21(11-5-2-6-12-21)23-20(27)22-17-8-3-1-4-9-17/h17-18H,1-16H2,(H2,22,23,27)/t18-/m0/s1. The highest BCUT2D eigenvalue weighted by molar-refractivity contribution is 5.91. The first kappa shape index (κ1) is 19.0. The molecule has 2 heterocycles. The number of nitrogens with zero attached hydrogens (tertiary/aromatic N) is 2. The van der Waals surface area contributed by atoms with Gasteiger partial charge in [0.15, 0.2) is 0 Å². The molecule has 4 rings (SSSR count). The third-order valence-electron chi connectivity index (χ3n) is 7.28. The maximum atomic E-state index is 13.6. The molecule has 4 aliphatic rings. The number of fused-ring (bicyclic) bond motifs is 1. The van der Waals surface area contributed by atoms with Crippen molar-refractivity contribution >= 4 is 11.9 Å². The highest BCUT2D eigenvalue weighted by atomic mass is 16.2. The largest absolute Gasteiger partial charge is 0.338 e. The summed E-state index contributed by atoms with van der Waals surface area (Å²) in [6.45, 7) is 3.82. The van der Waals surface area contributed by atoms with E-state index in [1.165, 1.54) is 38.6 Å². The first-order chi connectivity index (χ1) is 13.2. The first-order valence-corrected chi connectivity index (χ1v) is 11.3. The molecule has 1 atom stereocenters. The summed E-state index contributed by atoms with van der Waals surface area (Å²) in [5, 5.41) is 6.34. The van der Waals surface area contributed by atoms with Crippen LogP contribution in [0, 0.1) is 0 Å².